The average Bonchev–Trinajstić information content (AvgIpc) is 2.55. The van der Waals surface area contributed by atoms with Gasteiger partial charge in [-0.15, -0.1) is 0 Å². The third-order valence-corrected chi connectivity index (χ3v) is 4.51. The number of nitrogens with zero attached hydrogens (tertiary/aromatic N) is 2. The maximum Gasteiger partial charge on any atom is 0.254 e. The van der Waals surface area contributed by atoms with Crippen molar-refractivity contribution in [3.05, 3.63) is 52.8 Å². The van der Waals surface area contributed by atoms with Crippen LogP contribution < -0.4 is 9.47 Å². The molecule has 1 aliphatic heterocycles. The molecule has 0 atom stereocenters. The number of benzene rings is 1. The van der Waals surface area contributed by atoms with Gasteiger partial charge in [-0.3, -0.25) is 9.78 Å². The van der Waals surface area contributed by atoms with Gasteiger partial charge in [0.1, 0.15) is 11.5 Å². The molecule has 0 unspecified atom stereocenters. The Morgan fingerprint density at radius 2 is 1.60 bits per heavy atom. The maximum atomic E-state index is 12.6. The first kappa shape index (κ1) is 17.3. The van der Waals surface area contributed by atoms with Gasteiger partial charge in [0.2, 0.25) is 0 Å². The highest BCUT2D eigenvalue weighted by molar-refractivity contribution is 5.94. The summed E-state index contributed by atoms with van der Waals surface area (Å²) in [6.07, 6.45) is 0.908. The Bertz CT molecular complexity index is 740. The molecule has 5 heteroatoms. The first-order valence-electron chi connectivity index (χ1n) is 8.45. The molecule has 5 nitrogen and oxygen atoms in total. The van der Waals surface area contributed by atoms with Crippen molar-refractivity contribution < 1.29 is 14.3 Å². The summed E-state index contributed by atoms with van der Waals surface area (Å²) in [5.74, 6) is 2.14. The normalized spacial score (nSPS) is 14.2. The fourth-order valence-electron chi connectivity index (χ4n) is 3.32. The van der Waals surface area contributed by atoms with Gasteiger partial charge in [-0.1, -0.05) is 0 Å². The van der Waals surface area contributed by atoms with Crippen LogP contribution in [0.3, 0.4) is 0 Å². The van der Waals surface area contributed by atoms with Crippen LogP contribution in [0.1, 0.15) is 27.3 Å². The molecular formula is C20H24N2O3. The summed E-state index contributed by atoms with van der Waals surface area (Å²) in [5, 5.41) is 0. The molecule has 1 aliphatic rings. The van der Waals surface area contributed by atoms with Crippen molar-refractivity contribution in [2.75, 3.05) is 27.3 Å². The van der Waals surface area contributed by atoms with E-state index in [-0.39, 0.29) is 5.91 Å². The van der Waals surface area contributed by atoms with Crippen LogP contribution in [-0.4, -0.2) is 43.1 Å². The Labute approximate surface area is 148 Å². The van der Waals surface area contributed by atoms with Crippen LogP contribution in [0.25, 0.3) is 0 Å². The first-order chi connectivity index (χ1) is 12.0. The van der Waals surface area contributed by atoms with Crippen LogP contribution in [0.2, 0.25) is 0 Å². The SMILES string of the molecule is COc1cc(CC2CN(C(=O)c3cc(C)nc(C)c3)C2)cc(OC)c1. The van der Waals surface area contributed by atoms with E-state index in [9.17, 15) is 4.79 Å². The Balaban J connectivity index is 1.62. The smallest absolute Gasteiger partial charge is 0.254 e. The molecule has 1 amide bonds. The summed E-state index contributed by atoms with van der Waals surface area (Å²) in [6.45, 7) is 5.38. The number of aromatic nitrogens is 1. The molecule has 0 bridgehead atoms. The zero-order chi connectivity index (χ0) is 18.0. The molecule has 132 valence electrons. The molecule has 1 aromatic carbocycles. The third-order valence-electron chi connectivity index (χ3n) is 4.51. The van der Waals surface area contributed by atoms with Crippen molar-refractivity contribution in [3.8, 4) is 11.5 Å². The van der Waals surface area contributed by atoms with E-state index >= 15 is 0 Å². The highest BCUT2D eigenvalue weighted by Gasteiger charge is 2.31. The van der Waals surface area contributed by atoms with Gasteiger partial charge in [0, 0.05) is 36.1 Å². The number of ether oxygens (including phenoxy) is 2. The molecule has 0 saturated carbocycles. The van der Waals surface area contributed by atoms with Gasteiger partial charge in [-0.25, -0.2) is 0 Å². The lowest BCUT2D eigenvalue weighted by molar-refractivity contribution is 0.0500. The molecule has 0 spiro atoms. The van der Waals surface area contributed by atoms with Gasteiger partial charge < -0.3 is 14.4 Å². The molecule has 2 heterocycles. The van der Waals surface area contributed by atoms with Crippen molar-refractivity contribution in [2.45, 2.75) is 20.3 Å². The largest absolute Gasteiger partial charge is 0.497 e. The van der Waals surface area contributed by atoms with Crippen LogP contribution in [0.4, 0.5) is 0 Å². The number of carbonyl (C=O) groups is 1. The monoisotopic (exact) mass is 340 g/mol. The zero-order valence-corrected chi connectivity index (χ0v) is 15.2. The summed E-state index contributed by atoms with van der Waals surface area (Å²) in [4.78, 5) is 18.8. The van der Waals surface area contributed by atoms with Gasteiger partial charge in [0.15, 0.2) is 0 Å². The molecule has 1 saturated heterocycles. The zero-order valence-electron chi connectivity index (χ0n) is 15.2. The highest BCUT2D eigenvalue weighted by atomic mass is 16.5. The number of rotatable bonds is 5. The van der Waals surface area contributed by atoms with Gasteiger partial charge in [0.25, 0.3) is 5.91 Å². The van der Waals surface area contributed by atoms with E-state index in [2.05, 4.69) is 4.98 Å². The van der Waals surface area contributed by atoms with E-state index in [1.54, 1.807) is 14.2 Å². The van der Waals surface area contributed by atoms with E-state index in [1.165, 1.54) is 5.56 Å². The minimum absolute atomic E-state index is 0.0908. The lowest BCUT2D eigenvalue weighted by Gasteiger charge is -2.39. The van der Waals surface area contributed by atoms with Gasteiger partial charge >= 0.3 is 0 Å². The Morgan fingerprint density at radius 1 is 1.04 bits per heavy atom. The maximum absolute atomic E-state index is 12.6. The van der Waals surface area contributed by atoms with E-state index in [0.717, 1.165) is 48.0 Å². The Kier molecular flexibility index (Phi) is 4.93. The summed E-state index contributed by atoms with van der Waals surface area (Å²) in [6, 6.07) is 9.64. The van der Waals surface area contributed by atoms with Gasteiger partial charge in [0.05, 0.1) is 14.2 Å². The Morgan fingerprint density at radius 3 is 2.12 bits per heavy atom. The third kappa shape index (κ3) is 3.92. The van der Waals surface area contributed by atoms with Crippen molar-refractivity contribution in [1.82, 2.24) is 9.88 Å². The number of hydrogen-bond acceptors (Lipinski definition) is 4. The number of hydrogen-bond donors (Lipinski definition) is 0. The molecule has 1 aromatic heterocycles. The molecular weight excluding hydrogens is 316 g/mol. The number of amides is 1. The second-order valence-electron chi connectivity index (χ2n) is 6.64. The molecule has 0 radical (unpaired) electrons. The summed E-state index contributed by atoms with van der Waals surface area (Å²) >= 11 is 0. The lowest BCUT2D eigenvalue weighted by atomic mass is 9.91. The standard InChI is InChI=1S/C20H24N2O3/c1-13-5-17(6-14(2)21-13)20(23)22-11-16(12-22)7-15-8-18(24-3)10-19(9-15)25-4/h5-6,8-10,16H,7,11-12H2,1-4H3. The average molecular weight is 340 g/mol. The highest BCUT2D eigenvalue weighted by Crippen LogP contribution is 2.28. The summed E-state index contributed by atoms with van der Waals surface area (Å²) in [5.41, 5.74) is 3.66. The lowest BCUT2D eigenvalue weighted by Crippen LogP contribution is -2.50. The van der Waals surface area contributed by atoms with Crippen molar-refractivity contribution >= 4 is 5.91 Å². The molecule has 3 rings (SSSR count). The number of pyridine rings is 1. The van der Waals surface area contributed by atoms with Crippen LogP contribution in [0.5, 0.6) is 11.5 Å². The van der Waals surface area contributed by atoms with Crippen LogP contribution in [-0.2, 0) is 6.42 Å². The van der Waals surface area contributed by atoms with E-state index < -0.39 is 0 Å². The summed E-state index contributed by atoms with van der Waals surface area (Å²) in [7, 11) is 3.31. The molecule has 25 heavy (non-hydrogen) atoms. The van der Waals surface area contributed by atoms with Crippen LogP contribution in [0, 0.1) is 19.8 Å². The van der Waals surface area contributed by atoms with E-state index in [0.29, 0.717) is 5.92 Å². The molecule has 1 fully saturated rings. The second-order valence-corrected chi connectivity index (χ2v) is 6.64. The van der Waals surface area contributed by atoms with Crippen LogP contribution in [0.15, 0.2) is 30.3 Å². The minimum Gasteiger partial charge on any atom is -0.497 e. The number of methoxy groups -OCH3 is 2. The number of carbonyl (C=O) groups excluding carboxylic acids is 1. The Hall–Kier alpha value is -2.56. The van der Waals surface area contributed by atoms with E-state index in [4.69, 9.17) is 9.47 Å². The predicted molar refractivity (Wildman–Crippen MR) is 96.4 cm³/mol. The topological polar surface area (TPSA) is 51.7 Å². The fourth-order valence-corrected chi connectivity index (χ4v) is 3.32. The molecule has 0 aliphatic carbocycles. The van der Waals surface area contributed by atoms with Crippen molar-refractivity contribution in [1.29, 1.82) is 0 Å². The fraction of sp³-hybridized carbons (Fsp3) is 0.400. The van der Waals surface area contributed by atoms with Gasteiger partial charge in [-0.2, -0.15) is 0 Å². The second kappa shape index (κ2) is 7.13. The van der Waals surface area contributed by atoms with Crippen molar-refractivity contribution in [2.24, 2.45) is 5.92 Å². The quantitative estimate of drug-likeness (QED) is 0.839. The van der Waals surface area contributed by atoms with Gasteiger partial charge in [-0.05, 0) is 56.0 Å². The molecule has 0 N–H and O–H groups in total. The van der Waals surface area contributed by atoms with Crippen LogP contribution >= 0.6 is 0 Å². The first-order valence-corrected chi connectivity index (χ1v) is 8.45. The van der Waals surface area contributed by atoms with Crippen molar-refractivity contribution in [3.63, 3.8) is 0 Å². The van der Waals surface area contributed by atoms with E-state index in [1.807, 2.05) is 49.1 Å². The minimum atomic E-state index is 0.0908. The number of aryl methyl sites for hydroxylation is 2. The summed E-state index contributed by atoms with van der Waals surface area (Å²) < 4.78 is 10.6. The predicted octanol–water partition coefficient (Wildman–Crippen LogP) is 3.03. The molecule has 2 aromatic rings. The number of likely N-dealkylation sites (tertiary alicyclic amines) is 1.